The Kier molecular flexibility index (Phi) is 5.58. The predicted molar refractivity (Wildman–Crippen MR) is 87.8 cm³/mol. The van der Waals surface area contributed by atoms with Crippen LogP contribution in [0.4, 0.5) is 10.5 Å². The van der Waals surface area contributed by atoms with E-state index in [4.69, 9.17) is 5.26 Å². The molecule has 6 heteroatoms. The molecule has 2 N–H and O–H groups in total. The zero-order valence-electron chi connectivity index (χ0n) is 13.5. The number of amides is 3. The van der Waals surface area contributed by atoms with Crippen molar-refractivity contribution in [3.05, 3.63) is 29.8 Å². The Morgan fingerprint density at radius 1 is 1.26 bits per heavy atom. The van der Waals surface area contributed by atoms with Gasteiger partial charge in [0.25, 0.3) is 0 Å². The Morgan fingerprint density at radius 3 is 2.52 bits per heavy atom. The lowest BCUT2D eigenvalue weighted by molar-refractivity contribution is -0.126. The number of urea groups is 1. The zero-order chi connectivity index (χ0) is 16.8. The first-order valence-corrected chi connectivity index (χ1v) is 7.86. The molecule has 3 amide bonds. The van der Waals surface area contributed by atoms with Crippen LogP contribution in [0.15, 0.2) is 24.3 Å². The molecule has 1 fully saturated rings. The van der Waals surface area contributed by atoms with Crippen LogP contribution < -0.4 is 10.6 Å². The standard InChI is InChI=1S/C17H22N4O2/c1-12(2)19-16(22)13-7-9-21(10-8-13)17(23)20-15-6-4-3-5-14(15)11-18/h3-6,12-13H,7-10H2,1-2H3,(H,19,22)(H,20,23). The summed E-state index contributed by atoms with van der Waals surface area (Å²) in [5, 5.41) is 14.7. The van der Waals surface area contributed by atoms with E-state index in [2.05, 4.69) is 16.7 Å². The summed E-state index contributed by atoms with van der Waals surface area (Å²) in [6.07, 6.45) is 1.32. The summed E-state index contributed by atoms with van der Waals surface area (Å²) in [7, 11) is 0. The zero-order valence-corrected chi connectivity index (χ0v) is 13.5. The second-order valence-electron chi connectivity index (χ2n) is 6.01. The van der Waals surface area contributed by atoms with Gasteiger partial charge in [0.1, 0.15) is 6.07 Å². The van der Waals surface area contributed by atoms with Gasteiger partial charge in [0.05, 0.1) is 11.3 Å². The normalized spacial score (nSPS) is 15.1. The number of benzene rings is 1. The van der Waals surface area contributed by atoms with Crippen LogP contribution in [-0.2, 0) is 4.79 Å². The van der Waals surface area contributed by atoms with Crippen LogP contribution >= 0.6 is 0 Å². The van der Waals surface area contributed by atoms with Crippen molar-refractivity contribution in [1.29, 1.82) is 5.26 Å². The Labute approximate surface area is 136 Å². The SMILES string of the molecule is CC(C)NC(=O)C1CCN(C(=O)Nc2ccccc2C#N)CC1. The van der Waals surface area contributed by atoms with Crippen molar-refractivity contribution in [2.24, 2.45) is 5.92 Å². The largest absolute Gasteiger partial charge is 0.354 e. The molecular formula is C17H22N4O2. The number of piperidine rings is 1. The molecule has 0 aromatic heterocycles. The van der Waals surface area contributed by atoms with Gasteiger partial charge in [0.15, 0.2) is 0 Å². The summed E-state index contributed by atoms with van der Waals surface area (Å²) < 4.78 is 0. The van der Waals surface area contributed by atoms with Crippen LogP contribution in [0.25, 0.3) is 0 Å². The molecule has 0 saturated carbocycles. The van der Waals surface area contributed by atoms with Gasteiger partial charge in [-0.15, -0.1) is 0 Å². The van der Waals surface area contributed by atoms with Gasteiger partial charge in [-0.3, -0.25) is 4.79 Å². The lowest BCUT2D eigenvalue weighted by atomic mass is 9.96. The lowest BCUT2D eigenvalue weighted by Gasteiger charge is -2.31. The maximum atomic E-state index is 12.3. The third kappa shape index (κ3) is 4.46. The molecule has 0 aliphatic carbocycles. The molecule has 1 aliphatic heterocycles. The van der Waals surface area contributed by atoms with E-state index < -0.39 is 0 Å². The minimum absolute atomic E-state index is 0.0344. The van der Waals surface area contributed by atoms with Gasteiger partial charge in [-0.25, -0.2) is 4.79 Å². The van der Waals surface area contributed by atoms with Gasteiger partial charge in [-0.2, -0.15) is 5.26 Å². The quantitative estimate of drug-likeness (QED) is 0.898. The number of rotatable bonds is 3. The maximum Gasteiger partial charge on any atom is 0.321 e. The van der Waals surface area contributed by atoms with E-state index in [0.717, 1.165) is 0 Å². The highest BCUT2D eigenvalue weighted by molar-refractivity contribution is 5.91. The molecule has 0 unspecified atom stereocenters. The van der Waals surface area contributed by atoms with E-state index >= 15 is 0 Å². The summed E-state index contributed by atoms with van der Waals surface area (Å²) in [5.41, 5.74) is 0.951. The topological polar surface area (TPSA) is 85.2 Å². The summed E-state index contributed by atoms with van der Waals surface area (Å²) in [6.45, 7) is 4.95. The van der Waals surface area contributed by atoms with E-state index in [1.165, 1.54) is 0 Å². The summed E-state index contributed by atoms with van der Waals surface area (Å²) in [6, 6.07) is 8.87. The van der Waals surface area contributed by atoms with E-state index in [-0.39, 0.29) is 23.9 Å². The molecule has 0 radical (unpaired) electrons. The monoisotopic (exact) mass is 314 g/mol. The van der Waals surface area contributed by atoms with Crippen molar-refractivity contribution in [3.63, 3.8) is 0 Å². The van der Waals surface area contributed by atoms with Gasteiger partial charge in [0.2, 0.25) is 5.91 Å². The first kappa shape index (κ1) is 16.8. The number of anilines is 1. The number of hydrogen-bond acceptors (Lipinski definition) is 3. The van der Waals surface area contributed by atoms with Gasteiger partial charge in [0, 0.05) is 25.0 Å². The highest BCUT2D eigenvalue weighted by atomic mass is 16.2. The molecule has 1 aromatic rings. The van der Waals surface area contributed by atoms with Crippen molar-refractivity contribution in [2.75, 3.05) is 18.4 Å². The van der Waals surface area contributed by atoms with E-state index in [1.54, 1.807) is 29.2 Å². The molecule has 0 bridgehead atoms. The minimum atomic E-state index is -0.226. The fraction of sp³-hybridized carbons (Fsp3) is 0.471. The van der Waals surface area contributed by atoms with Gasteiger partial charge in [-0.05, 0) is 38.8 Å². The second-order valence-corrected chi connectivity index (χ2v) is 6.01. The molecule has 0 spiro atoms. The molecule has 2 rings (SSSR count). The third-order valence-electron chi connectivity index (χ3n) is 3.87. The Balaban J connectivity index is 1.89. The maximum absolute atomic E-state index is 12.3. The van der Waals surface area contributed by atoms with Crippen molar-refractivity contribution in [3.8, 4) is 6.07 Å². The fourth-order valence-corrected chi connectivity index (χ4v) is 2.63. The molecule has 122 valence electrons. The van der Waals surface area contributed by atoms with Crippen LogP contribution in [-0.4, -0.2) is 36.0 Å². The number of nitrogens with one attached hydrogen (secondary N) is 2. The van der Waals surface area contributed by atoms with Gasteiger partial charge in [-0.1, -0.05) is 12.1 Å². The minimum Gasteiger partial charge on any atom is -0.354 e. The highest BCUT2D eigenvalue weighted by Crippen LogP contribution is 2.20. The van der Waals surface area contributed by atoms with Crippen molar-refractivity contribution in [1.82, 2.24) is 10.2 Å². The molecule has 1 aliphatic rings. The fourth-order valence-electron chi connectivity index (χ4n) is 2.63. The highest BCUT2D eigenvalue weighted by Gasteiger charge is 2.27. The van der Waals surface area contributed by atoms with Gasteiger partial charge >= 0.3 is 6.03 Å². The van der Waals surface area contributed by atoms with Crippen LogP contribution in [0.5, 0.6) is 0 Å². The van der Waals surface area contributed by atoms with Crippen molar-refractivity contribution in [2.45, 2.75) is 32.7 Å². The second kappa shape index (κ2) is 7.63. The van der Waals surface area contributed by atoms with Crippen molar-refractivity contribution < 1.29 is 9.59 Å². The molecule has 23 heavy (non-hydrogen) atoms. The molecule has 1 heterocycles. The first-order chi connectivity index (χ1) is 11.0. The molecule has 1 aromatic carbocycles. The van der Waals surface area contributed by atoms with E-state index in [1.807, 2.05) is 13.8 Å². The Morgan fingerprint density at radius 2 is 1.91 bits per heavy atom. The average Bonchev–Trinajstić information content (AvgIpc) is 2.55. The number of carbonyl (C=O) groups excluding carboxylic acids is 2. The van der Waals surface area contributed by atoms with Crippen LogP contribution in [0.2, 0.25) is 0 Å². The summed E-state index contributed by atoms with van der Waals surface area (Å²) >= 11 is 0. The first-order valence-electron chi connectivity index (χ1n) is 7.86. The predicted octanol–water partition coefficient (Wildman–Crippen LogP) is 2.33. The summed E-state index contributed by atoms with van der Waals surface area (Å²) in [5.74, 6) is 0.0303. The molecule has 0 atom stereocenters. The number of likely N-dealkylation sites (tertiary alicyclic amines) is 1. The average molecular weight is 314 g/mol. The third-order valence-corrected chi connectivity index (χ3v) is 3.87. The van der Waals surface area contributed by atoms with Crippen LogP contribution in [0.3, 0.4) is 0 Å². The lowest BCUT2D eigenvalue weighted by Crippen LogP contribution is -2.45. The number of nitriles is 1. The number of carbonyl (C=O) groups is 2. The number of nitrogens with zero attached hydrogens (tertiary/aromatic N) is 2. The Hall–Kier alpha value is -2.55. The van der Waals surface area contributed by atoms with Crippen LogP contribution in [0.1, 0.15) is 32.3 Å². The Bertz CT molecular complexity index is 613. The molecule has 1 saturated heterocycles. The molecule has 6 nitrogen and oxygen atoms in total. The van der Waals surface area contributed by atoms with Crippen LogP contribution in [0, 0.1) is 17.2 Å². The van der Waals surface area contributed by atoms with E-state index in [0.29, 0.717) is 37.2 Å². The number of hydrogen-bond donors (Lipinski definition) is 2. The molecular weight excluding hydrogens is 292 g/mol. The van der Waals surface area contributed by atoms with Gasteiger partial charge < -0.3 is 15.5 Å². The van der Waals surface area contributed by atoms with E-state index in [9.17, 15) is 9.59 Å². The summed E-state index contributed by atoms with van der Waals surface area (Å²) in [4.78, 5) is 26.0. The van der Waals surface area contributed by atoms with Crippen molar-refractivity contribution >= 4 is 17.6 Å². The smallest absolute Gasteiger partial charge is 0.321 e. The number of para-hydroxylation sites is 1.